The lowest BCUT2D eigenvalue weighted by Crippen LogP contribution is -2.51. The predicted molar refractivity (Wildman–Crippen MR) is 83.8 cm³/mol. The van der Waals surface area contributed by atoms with Crippen LogP contribution in [-0.4, -0.2) is 25.2 Å². The van der Waals surface area contributed by atoms with Crippen molar-refractivity contribution in [2.75, 3.05) is 13.2 Å². The van der Waals surface area contributed by atoms with E-state index in [1.165, 1.54) is 0 Å². The smallest absolute Gasteiger partial charge is 0.313 e. The van der Waals surface area contributed by atoms with E-state index in [4.69, 9.17) is 9.47 Å². The normalized spacial score (nSPS) is 18.2. The Kier molecular flexibility index (Phi) is 8.60. The molecule has 0 rings (SSSR count). The summed E-state index contributed by atoms with van der Waals surface area (Å²) < 4.78 is 10.5. The van der Waals surface area contributed by atoms with Crippen molar-refractivity contribution in [2.24, 2.45) is 23.2 Å². The van der Waals surface area contributed by atoms with Crippen molar-refractivity contribution in [1.82, 2.24) is 0 Å². The van der Waals surface area contributed by atoms with Crippen LogP contribution in [0.3, 0.4) is 0 Å². The Morgan fingerprint density at radius 2 is 1.29 bits per heavy atom. The molecule has 0 spiro atoms. The van der Waals surface area contributed by atoms with Gasteiger partial charge in [-0.3, -0.25) is 9.59 Å². The van der Waals surface area contributed by atoms with Crippen molar-refractivity contribution in [2.45, 2.75) is 61.3 Å². The highest BCUT2D eigenvalue weighted by atomic mass is 16.5. The Bertz CT molecular complexity index is 328. The minimum absolute atomic E-state index is 0.0471. The van der Waals surface area contributed by atoms with Gasteiger partial charge in [0, 0.05) is 0 Å². The van der Waals surface area contributed by atoms with Crippen LogP contribution in [0.1, 0.15) is 61.3 Å². The van der Waals surface area contributed by atoms with Crippen LogP contribution >= 0.6 is 0 Å². The first-order chi connectivity index (χ1) is 9.84. The molecule has 0 bridgehead atoms. The molecule has 0 fully saturated rings. The zero-order valence-electron chi connectivity index (χ0n) is 14.7. The van der Waals surface area contributed by atoms with Gasteiger partial charge >= 0.3 is 11.9 Å². The van der Waals surface area contributed by atoms with E-state index >= 15 is 0 Å². The molecule has 21 heavy (non-hydrogen) atoms. The third-order valence-corrected chi connectivity index (χ3v) is 4.84. The fourth-order valence-corrected chi connectivity index (χ4v) is 3.31. The van der Waals surface area contributed by atoms with Gasteiger partial charge in [0.25, 0.3) is 0 Å². The first kappa shape index (κ1) is 19.9. The number of hydrogen-bond acceptors (Lipinski definition) is 4. The van der Waals surface area contributed by atoms with Gasteiger partial charge in [-0.25, -0.2) is 0 Å². The van der Waals surface area contributed by atoms with Gasteiger partial charge in [0.2, 0.25) is 0 Å². The van der Waals surface area contributed by atoms with E-state index in [0.717, 1.165) is 12.8 Å². The molecule has 0 radical (unpaired) electrons. The standard InChI is InChI=1S/C17H32O4/c1-8-12(5)17(13(6)9-2,16(19)21-11-4)14(7)15(18)20-10-3/h12-14H,8-11H2,1-7H3. The second-order valence-electron chi connectivity index (χ2n) is 5.75. The van der Waals surface area contributed by atoms with Gasteiger partial charge in [-0.1, -0.05) is 47.5 Å². The summed E-state index contributed by atoms with van der Waals surface area (Å²) in [5, 5.41) is 0. The van der Waals surface area contributed by atoms with Gasteiger partial charge < -0.3 is 9.47 Å². The molecule has 0 N–H and O–H groups in total. The second kappa shape index (κ2) is 9.06. The summed E-state index contributed by atoms with van der Waals surface area (Å²) in [6.45, 7) is 14.2. The number of esters is 2. The molecule has 0 saturated heterocycles. The fraction of sp³-hybridized carbons (Fsp3) is 0.882. The maximum Gasteiger partial charge on any atom is 0.313 e. The van der Waals surface area contributed by atoms with E-state index in [1.807, 2.05) is 27.7 Å². The Balaban J connectivity index is 5.88. The van der Waals surface area contributed by atoms with Crippen LogP contribution in [0.25, 0.3) is 0 Å². The third kappa shape index (κ3) is 3.98. The molecule has 0 aliphatic carbocycles. The highest BCUT2D eigenvalue weighted by Gasteiger charge is 2.54. The Labute approximate surface area is 129 Å². The van der Waals surface area contributed by atoms with Crippen LogP contribution in [0.2, 0.25) is 0 Å². The van der Waals surface area contributed by atoms with Gasteiger partial charge in [-0.2, -0.15) is 0 Å². The van der Waals surface area contributed by atoms with E-state index in [-0.39, 0.29) is 23.8 Å². The Hall–Kier alpha value is -1.06. The maximum absolute atomic E-state index is 12.8. The first-order valence-electron chi connectivity index (χ1n) is 8.18. The number of rotatable bonds is 9. The van der Waals surface area contributed by atoms with Crippen molar-refractivity contribution in [3.05, 3.63) is 0 Å². The van der Waals surface area contributed by atoms with E-state index in [9.17, 15) is 9.59 Å². The monoisotopic (exact) mass is 300 g/mol. The molecule has 0 aliphatic rings. The molecule has 3 atom stereocenters. The molecule has 124 valence electrons. The van der Waals surface area contributed by atoms with Crippen LogP contribution in [-0.2, 0) is 19.1 Å². The molecular weight excluding hydrogens is 268 g/mol. The van der Waals surface area contributed by atoms with Crippen LogP contribution in [0.5, 0.6) is 0 Å². The highest BCUT2D eigenvalue weighted by Crippen LogP contribution is 2.47. The summed E-state index contributed by atoms with van der Waals surface area (Å²) >= 11 is 0. The van der Waals surface area contributed by atoms with Gasteiger partial charge in [0.1, 0.15) is 0 Å². The first-order valence-corrected chi connectivity index (χ1v) is 8.18. The largest absolute Gasteiger partial charge is 0.466 e. The van der Waals surface area contributed by atoms with Crippen molar-refractivity contribution in [1.29, 1.82) is 0 Å². The van der Waals surface area contributed by atoms with Crippen molar-refractivity contribution < 1.29 is 19.1 Å². The Morgan fingerprint density at radius 3 is 1.62 bits per heavy atom. The number of carbonyl (C=O) groups excluding carboxylic acids is 2. The minimum atomic E-state index is -0.828. The Morgan fingerprint density at radius 1 is 0.857 bits per heavy atom. The second-order valence-corrected chi connectivity index (χ2v) is 5.75. The van der Waals surface area contributed by atoms with Crippen molar-refractivity contribution in [3.63, 3.8) is 0 Å². The van der Waals surface area contributed by atoms with Crippen molar-refractivity contribution >= 4 is 11.9 Å². The zero-order valence-corrected chi connectivity index (χ0v) is 14.7. The lowest BCUT2D eigenvalue weighted by Gasteiger charge is -2.44. The fourth-order valence-electron chi connectivity index (χ4n) is 3.31. The molecule has 0 aliphatic heterocycles. The molecule has 0 aromatic heterocycles. The highest BCUT2D eigenvalue weighted by molar-refractivity contribution is 5.85. The topological polar surface area (TPSA) is 52.6 Å². The summed E-state index contributed by atoms with van der Waals surface area (Å²) in [6.07, 6.45) is 1.62. The molecule has 0 saturated carbocycles. The van der Waals surface area contributed by atoms with Gasteiger partial charge in [0.15, 0.2) is 0 Å². The molecular formula is C17H32O4. The SMILES string of the molecule is CCOC(=O)C(C)C(C(=O)OCC)(C(C)CC)C(C)CC. The summed E-state index contributed by atoms with van der Waals surface area (Å²) in [5.41, 5.74) is -0.828. The van der Waals surface area contributed by atoms with E-state index in [2.05, 4.69) is 0 Å². The van der Waals surface area contributed by atoms with E-state index in [0.29, 0.717) is 13.2 Å². The van der Waals surface area contributed by atoms with Crippen LogP contribution in [0.4, 0.5) is 0 Å². The van der Waals surface area contributed by atoms with Crippen LogP contribution in [0, 0.1) is 23.2 Å². The summed E-state index contributed by atoms with van der Waals surface area (Å²) in [5.74, 6) is -1.00. The van der Waals surface area contributed by atoms with E-state index < -0.39 is 11.3 Å². The molecule has 3 unspecified atom stereocenters. The predicted octanol–water partition coefficient (Wildman–Crippen LogP) is 3.83. The quantitative estimate of drug-likeness (QED) is 0.607. The van der Waals surface area contributed by atoms with Crippen LogP contribution < -0.4 is 0 Å². The average Bonchev–Trinajstić information content (AvgIpc) is 2.47. The van der Waals surface area contributed by atoms with Crippen molar-refractivity contribution in [3.8, 4) is 0 Å². The number of ether oxygens (including phenoxy) is 2. The van der Waals surface area contributed by atoms with Gasteiger partial charge in [0.05, 0.1) is 24.5 Å². The minimum Gasteiger partial charge on any atom is -0.466 e. The van der Waals surface area contributed by atoms with Crippen LogP contribution in [0.15, 0.2) is 0 Å². The molecule has 4 nitrogen and oxygen atoms in total. The summed E-state index contributed by atoms with van der Waals surface area (Å²) in [6, 6.07) is 0. The average molecular weight is 300 g/mol. The lowest BCUT2D eigenvalue weighted by atomic mass is 9.59. The summed E-state index contributed by atoms with van der Waals surface area (Å²) in [4.78, 5) is 25.1. The van der Waals surface area contributed by atoms with Gasteiger partial charge in [-0.05, 0) is 25.7 Å². The lowest BCUT2D eigenvalue weighted by molar-refractivity contribution is -0.179. The number of hydrogen-bond donors (Lipinski definition) is 0. The third-order valence-electron chi connectivity index (χ3n) is 4.84. The van der Waals surface area contributed by atoms with Gasteiger partial charge in [-0.15, -0.1) is 0 Å². The maximum atomic E-state index is 12.8. The molecule has 0 heterocycles. The molecule has 0 aromatic rings. The van der Waals surface area contributed by atoms with E-state index in [1.54, 1.807) is 20.8 Å². The molecule has 4 heteroatoms. The number of carbonyl (C=O) groups is 2. The zero-order chi connectivity index (χ0) is 16.6. The summed E-state index contributed by atoms with van der Waals surface area (Å²) in [7, 11) is 0. The molecule has 0 amide bonds. The molecule has 0 aromatic carbocycles.